The predicted molar refractivity (Wildman–Crippen MR) is 261 cm³/mol. The van der Waals surface area contributed by atoms with Crippen LogP contribution in [0.4, 0.5) is 0 Å². The molecule has 3 aromatic heterocycles. The number of hydrogen-bond acceptors (Lipinski definition) is 3. The normalized spacial score (nSPS) is 12.2. The van der Waals surface area contributed by atoms with Gasteiger partial charge in [-0.2, -0.15) is 15.0 Å². The van der Waals surface area contributed by atoms with Gasteiger partial charge < -0.3 is 0 Å². The van der Waals surface area contributed by atoms with E-state index in [0.29, 0.717) is 17.7 Å². The molecule has 0 atom stereocenters. The molecule has 292 valence electrons. The first kappa shape index (κ1) is 36.9. The monoisotopic (exact) mass is 817 g/mol. The maximum atomic E-state index is 5.48. The van der Waals surface area contributed by atoms with Crippen LogP contribution in [0.2, 0.25) is 19.6 Å². The molecule has 0 saturated heterocycles. The van der Waals surface area contributed by atoms with E-state index in [0.717, 1.165) is 38.4 Å². The Bertz CT molecular complexity index is 3260. The van der Waals surface area contributed by atoms with Gasteiger partial charge in [-0.15, -0.1) is 0 Å². The SMILES string of the molecule is C[Si](C)(C)c1ccc2c(c1)c1ccccc1n2-c1nc(-c2cccc([Si](c3ccccc3)(c3ccccc3)c3ccccc3)c2)nc(-n2c3ccccc3c3ccccc32)n1. The smallest absolute Gasteiger partial charge is 0.240 e. The average molecular weight is 818 g/mol. The van der Waals surface area contributed by atoms with Crippen molar-refractivity contribution < 1.29 is 0 Å². The Morgan fingerprint density at radius 1 is 0.328 bits per heavy atom. The second-order valence-electron chi connectivity index (χ2n) is 16.9. The van der Waals surface area contributed by atoms with Gasteiger partial charge in [0.1, 0.15) is 0 Å². The van der Waals surface area contributed by atoms with Crippen LogP contribution >= 0.6 is 0 Å². The molecule has 0 aliphatic carbocycles. The molecule has 0 spiro atoms. The summed E-state index contributed by atoms with van der Waals surface area (Å²) in [5.41, 5.74) is 5.17. The number of hydrogen-bond donors (Lipinski definition) is 0. The Labute approximate surface area is 357 Å². The molecule has 0 bridgehead atoms. The molecule has 3 heterocycles. The molecule has 11 aromatic rings. The van der Waals surface area contributed by atoms with E-state index in [4.69, 9.17) is 15.0 Å². The molecule has 0 aliphatic heterocycles. The maximum Gasteiger partial charge on any atom is 0.240 e. The van der Waals surface area contributed by atoms with Crippen LogP contribution in [-0.2, 0) is 0 Å². The largest absolute Gasteiger partial charge is 0.278 e. The molecule has 0 unspecified atom stereocenters. The van der Waals surface area contributed by atoms with Crippen molar-refractivity contribution in [1.82, 2.24) is 24.1 Å². The number of benzene rings is 8. The molecule has 5 nitrogen and oxygen atoms in total. The van der Waals surface area contributed by atoms with Crippen LogP contribution in [0.3, 0.4) is 0 Å². The highest BCUT2D eigenvalue weighted by atomic mass is 28.3. The number of aromatic nitrogens is 5. The van der Waals surface area contributed by atoms with Crippen molar-refractivity contribution in [2.24, 2.45) is 0 Å². The lowest BCUT2D eigenvalue weighted by Gasteiger charge is -2.34. The summed E-state index contributed by atoms with van der Waals surface area (Å²) < 4.78 is 4.44. The summed E-state index contributed by atoms with van der Waals surface area (Å²) >= 11 is 0. The molecule has 0 N–H and O–H groups in total. The number of fused-ring (bicyclic) bond motifs is 6. The van der Waals surface area contributed by atoms with Crippen LogP contribution in [0.15, 0.2) is 206 Å². The Morgan fingerprint density at radius 2 is 0.738 bits per heavy atom. The summed E-state index contributed by atoms with van der Waals surface area (Å²) in [5.74, 6) is 1.77. The lowest BCUT2D eigenvalue weighted by atomic mass is 10.1. The van der Waals surface area contributed by atoms with E-state index in [9.17, 15) is 0 Å². The van der Waals surface area contributed by atoms with Crippen molar-refractivity contribution in [3.63, 3.8) is 0 Å². The first-order valence-corrected chi connectivity index (χ1v) is 26.5. The fourth-order valence-corrected chi connectivity index (χ4v) is 15.4. The lowest BCUT2D eigenvalue weighted by Crippen LogP contribution is -2.74. The second kappa shape index (κ2) is 14.5. The van der Waals surface area contributed by atoms with Gasteiger partial charge >= 0.3 is 0 Å². The molecule has 0 saturated carbocycles. The molecule has 7 heteroatoms. The third-order valence-corrected chi connectivity index (χ3v) is 19.1. The van der Waals surface area contributed by atoms with E-state index < -0.39 is 16.1 Å². The molecular formula is C54H43N5Si2. The fourth-order valence-electron chi connectivity index (χ4n) is 9.43. The zero-order valence-electron chi connectivity index (χ0n) is 34.4. The zero-order valence-corrected chi connectivity index (χ0v) is 36.4. The Kier molecular flexibility index (Phi) is 8.77. The molecular weight excluding hydrogens is 775 g/mol. The minimum Gasteiger partial charge on any atom is -0.278 e. The zero-order chi connectivity index (χ0) is 41.1. The maximum absolute atomic E-state index is 5.48. The van der Waals surface area contributed by atoms with Gasteiger partial charge in [0, 0.05) is 27.1 Å². The van der Waals surface area contributed by atoms with Crippen molar-refractivity contribution >= 4 is 85.7 Å². The van der Waals surface area contributed by atoms with E-state index in [2.05, 4.69) is 235 Å². The van der Waals surface area contributed by atoms with Crippen LogP contribution < -0.4 is 25.9 Å². The van der Waals surface area contributed by atoms with Crippen LogP contribution in [0.1, 0.15) is 0 Å². The van der Waals surface area contributed by atoms with E-state index >= 15 is 0 Å². The quantitative estimate of drug-likeness (QED) is 0.113. The van der Waals surface area contributed by atoms with Crippen LogP contribution in [-0.4, -0.2) is 40.2 Å². The molecule has 0 radical (unpaired) electrons. The van der Waals surface area contributed by atoms with Crippen molar-refractivity contribution in [2.45, 2.75) is 19.6 Å². The topological polar surface area (TPSA) is 48.5 Å². The standard InChI is InChI=1S/C54H43N5Si2/c1-60(2,3)42-34-35-51-47(37-42)46-30-15-18-33-50(46)59(51)54-56-52(55-53(57-54)58-48-31-16-13-28-44(48)45-29-14-17-32-49(45)58)38-20-19-27-43(36-38)61(39-21-7-4-8-22-39,40-23-9-5-10-24-40)41-25-11-6-12-26-41/h4-37H,1-3H3. The predicted octanol–water partition coefficient (Wildman–Crippen LogP) is 9.66. The van der Waals surface area contributed by atoms with Gasteiger partial charge in [-0.25, -0.2) is 0 Å². The summed E-state index contributed by atoms with van der Waals surface area (Å²) in [6.45, 7) is 7.22. The Morgan fingerprint density at radius 3 is 1.21 bits per heavy atom. The van der Waals surface area contributed by atoms with Crippen LogP contribution in [0, 0.1) is 0 Å². The van der Waals surface area contributed by atoms with Gasteiger partial charge in [-0.1, -0.05) is 207 Å². The fraction of sp³-hybridized carbons (Fsp3) is 0.0556. The van der Waals surface area contributed by atoms with E-state index in [1.165, 1.54) is 36.7 Å². The lowest BCUT2D eigenvalue weighted by molar-refractivity contribution is 0.893. The minimum atomic E-state index is -2.84. The van der Waals surface area contributed by atoms with Gasteiger partial charge in [0.25, 0.3) is 0 Å². The number of nitrogens with zero attached hydrogens (tertiary/aromatic N) is 5. The van der Waals surface area contributed by atoms with Crippen molar-refractivity contribution in [3.05, 3.63) is 206 Å². The van der Waals surface area contributed by atoms with E-state index in [1.807, 2.05) is 0 Å². The third-order valence-electron chi connectivity index (χ3n) is 12.3. The second-order valence-corrected chi connectivity index (χ2v) is 25.8. The van der Waals surface area contributed by atoms with Gasteiger partial charge in [0.2, 0.25) is 11.9 Å². The summed E-state index contributed by atoms with van der Waals surface area (Å²) in [4.78, 5) is 16.4. The van der Waals surface area contributed by atoms with Crippen LogP contribution in [0.25, 0.3) is 66.9 Å². The number of rotatable bonds is 8. The highest BCUT2D eigenvalue weighted by Gasteiger charge is 2.41. The Balaban J connectivity index is 1.22. The molecule has 11 rings (SSSR count). The molecule has 8 aromatic carbocycles. The minimum absolute atomic E-state index is 0.574. The van der Waals surface area contributed by atoms with Crippen LogP contribution in [0.5, 0.6) is 0 Å². The molecule has 0 fully saturated rings. The first-order chi connectivity index (χ1) is 29.9. The third kappa shape index (κ3) is 5.99. The summed E-state index contributed by atoms with van der Waals surface area (Å²) in [6.07, 6.45) is 0. The van der Waals surface area contributed by atoms with E-state index in [1.54, 1.807) is 0 Å². The van der Waals surface area contributed by atoms with Gasteiger partial charge in [-0.05, 0) is 45.0 Å². The van der Waals surface area contributed by atoms with Crippen molar-refractivity contribution in [1.29, 1.82) is 0 Å². The van der Waals surface area contributed by atoms with Gasteiger partial charge in [-0.3, -0.25) is 9.13 Å². The summed E-state index contributed by atoms with van der Waals surface area (Å²) in [7, 11) is -4.45. The molecule has 61 heavy (non-hydrogen) atoms. The average Bonchev–Trinajstić information content (AvgIpc) is 3.83. The Hall–Kier alpha value is -7.20. The first-order valence-electron chi connectivity index (χ1n) is 21.0. The summed E-state index contributed by atoms with van der Waals surface area (Å²) in [5, 5.41) is 11.3. The highest BCUT2D eigenvalue weighted by molar-refractivity contribution is 7.19. The van der Waals surface area contributed by atoms with Crippen molar-refractivity contribution in [3.8, 4) is 23.3 Å². The molecule has 0 amide bonds. The molecule has 0 aliphatic rings. The highest BCUT2D eigenvalue weighted by Crippen LogP contribution is 2.34. The van der Waals surface area contributed by atoms with Crippen molar-refractivity contribution in [2.75, 3.05) is 0 Å². The van der Waals surface area contributed by atoms with Gasteiger partial charge in [0.15, 0.2) is 13.9 Å². The van der Waals surface area contributed by atoms with E-state index in [-0.39, 0.29) is 0 Å². The van der Waals surface area contributed by atoms with Gasteiger partial charge in [0.05, 0.1) is 30.1 Å². The summed E-state index contributed by atoms with van der Waals surface area (Å²) in [6, 6.07) is 74.9. The number of para-hydroxylation sites is 3.